The Kier molecular flexibility index (Phi) is 4.31. The number of hydrogen-bond donors (Lipinski definition) is 3. The average molecular weight is 254 g/mol. The number of aliphatic hydroxyl groups excluding tert-OH is 3. The molecule has 0 amide bonds. The molecule has 100 valence electrons. The first-order valence-electron chi connectivity index (χ1n) is 5.96. The Labute approximate surface area is 106 Å². The molecule has 1 saturated heterocycles. The minimum atomic E-state index is -1.05. The second-order valence-electron chi connectivity index (χ2n) is 4.43. The van der Waals surface area contributed by atoms with Crippen LogP contribution in [0.25, 0.3) is 0 Å². The van der Waals surface area contributed by atoms with Crippen molar-refractivity contribution in [3.05, 3.63) is 35.9 Å². The van der Waals surface area contributed by atoms with Crippen molar-refractivity contribution in [1.82, 2.24) is 0 Å². The largest absolute Gasteiger partial charge is 0.394 e. The van der Waals surface area contributed by atoms with E-state index in [1.165, 1.54) is 6.92 Å². The van der Waals surface area contributed by atoms with Gasteiger partial charge >= 0.3 is 0 Å². The molecule has 3 N–H and O–H groups in total. The van der Waals surface area contributed by atoms with E-state index in [2.05, 4.69) is 0 Å². The summed E-state index contributed by atoms with van der Waals surface area (Å²) in [6.07, 6.45) is -4.12. The molecule has 2 rings (SSSR count). The summed E-state index contributed by atoms with van der Waals surface area (Å²) in [7, 11) is 0. The van der Waals surface area contributed by atoms with Crippen LogP contribution in [0.5, 0.6) is 0 Å². The van der Waals surface area contributed by atoms with Gasteiger partial charge in [-0.25, -0.2) is 0 Å². The third-order valence-corrected chi connectivity index (χ3v) is 3.02. The zero-order valence-electron chi connectivity index (χ0n) is 10.1. The van der Waals surface area contributed by atoms with Crippen LogP contribution in [0.4, 0.5) is 0 Å². The van der Waals surface area contributed by atoms with Gasteiger partial charge in [-0.1, -0.05) is 30.3 Å². The van der Waals surface area contributed by atoms with E-state index < -0.39 is 30.7 Å². The summed E-state index contributed by atoms with van der Waals surface area (Å²) in [6.45, 7) is 1.22. The topological polar surface area (TPSA) is 79.2 Å². The zero-order valence-corrected chi connectivity index (χ0v) is 10.1. The van der Waals surface area contributed by atoms with Crippen LogP contribution in [0, 0.1) is 0 Å². The summed E-state index contributed by atoms with van der Waals surface area (Å²) in [5.41, 5.74) is 0.786. The molecule has 1 aliphatic heterocycles. The van der Waals surface area contributed by atoms with Gasteiger partial charge in [0, 0.05) is 5.56 Å². The van der Waals surface area contributed by atoms with Gasteiger partial charge in [0.2, 0.25) is 0 Å². The van der Waals surface area contributed by atoms with Crippen molar-refractivity contribution >= 4 is 0 Å². The van der Waals surface area contributed by atoms with Gasteiger partial charge in [-0.05, 0) is 6.92 Å². The number of rotatable bonds is 3. The lowest BCUT2D eigenvalue weighted by Crippen LogP contribution is -2.53. The predicted molar refractivity (Wildman–Crippen MR) is 63.7 cm³/mol. The van der Waals surface area contributed by atoms with Crippen LogP contribution in [0.15, 0.2) is 30.3 Å². The highest BCUT2D eigenvalue weighted by Crippen LogP contribution is 2.31. The van der Waals surface area contributed by atoms with Gasteiger partial charge in [-0.3, -0.25) is 0 Å². The molecule has 0 saturated carbocycles. The highest BCUT2D eigenvalue weighted by Gasteiger charge is 2.40. The van der Waals surface area contributed by atoms with Gasteiger partial charge in [0.25, 0.3) is 0 Å². The smallest absolute Gasteiger partial charge is 0.184 e. The average Bonchev–Trinajstić information content (AvgIpc) is 2.39. The zero-order chi connectivity index (χ0) is 13.1. The van der Waals surface area contributed by atoms with E-state index >= 15 is 0 Å². The first-order chi connectivity index (χ1) is 8.63. The van der Waals surface area contributed by atoms with Gasteiger partial charge in [0.15, 0.2) is 6.29 Å². The SMILES string of the molecule is C[C@@H](O)[C@H]1OC(c2ccccc2)O[C@@H](CO)[C@@H]1O. The number of hydrogen-bond acceptors (Lipinski definition) is 5. The number of ether oxygens (including phenoxy) is 2. The van der Waals surface area contributed by atoms with E-state index in [1.54, 1.807) is 0 Å². The summed E-state index contributed by atoms with van der Waals surface area (Å²) < 4.78 is 11.0. The van der Waals surface area contributed by atoms with Crippen LogP contribution in [0.3, 0.4) is 0 Å². The van der Waals surface area contributed by atoms with Gasteiger partial charge < -0.3 is 24.8 Å². The molecule has 5 atom stereocenters. The fraction of sp³-hybridized carbons (Fsp3) is 0.538. The third kappa shape index (κ3) is 2.71. The number of benzene rings is 1. The molecule has 0 spiro atoms. The molecule has 1 unspecified atom stereocenters. The first kappa shape index (κ1) is 13.5. The standard InChI is InChI=1S/C13H18O5/c1-8(15)12-11(16)10(7-14)17-13(18-12)9-5-3-2-4-6-9/h2-6,8,10-16H,7H2,1H3/t8-,10+,11+,12-,13?/m1/s1. The van der Waals surface area contributed by atoms with E-state index in [9.17, 15) is 15.3 Å². The van der Waals surface area contributed by atoms with Crippen LogP contribution in [-0.4, -0.2) is 46.3 Å². The van der Waals surface area contributed by atoms with Crippen molar-refractivity contribution in [3.8, 4) is 0 Å². The van der Waals surface area contributed by atoms with E-state index in [1.807, 2.05) is 30.3 Å². The highest BCUT2D eigenvalue weighted by atomic mass is 16.7. The minimum Gasteiger partial charge on any atom is -0.394 e. The third-order valence-electron chi connectivity index (χ3n) is 3.02. The van der Waals surface area contributed by atoms with Crippen molar-refractivity contribution in [2.45, 2.75) is 37.6 Å². The van der Waals surface area contributed by atoms with Gasteiger partial charge in [0.1, 0.15) is 18.3 Å². The fourth-order valence-corrected chi connectivity index (χ4v) is 2.02. The molecule has 0 aromatic heterocycles. The molecule has 1 aromatic rings. The van der Waals surface area contributed by atoms with Crippen LogP contribution >= 0.6 is 0 Å². The lowest BCUT2D eigenvalue weighted by molar-refractivity contribution is -0.307. The highest BCUT2D eigenvalue weighted by molar-refractivity contribution is 5.16. The number of aliphatic hydroxyl groups is 3. The molecule has 1 heterocycles. The lowest BCUT2D eigenvalue weighted by atomic mass is 10.0. The molecular formula is C13H18O5. The van der Waals surface area contributed by atoms with Crippen LogP contribution < -0.4 is 0 Å². The van der Waals surface area contributed by atoms with Crippen LogP contribution in [0.1, 0.15) is 18.8 Å². The van der Waals surface area contributed by atoms with Crippen LogP contribution in [0.2, 0.25) is 0 Å². The maximum Gasteiger partial charge on any atom is 0.184 e. The summed E-state index contributed by atoms with van der Waals surface area (Å²) in [5.74, 6) is 0. The van der Waals surface area contributed by atoms with Gasteiger partial charge in [0.05, 0.1) is 12.7 Å². The Hall–Kier alpha value is -0.980. The normalized spacial score (nSPS) is 34.2. The Morgan fingerprint density at radius 1 is 1.22 bits per heavy atom. The minimum absolute atomic E-state index is 0.322. The molecule has 5 heteroatoms. The van der Waals surface area contributed by atoms with Crippen molar-refractivity contribution in [2.24, 2.45) is 0 Å². The van der Waals surface area contributed by atoms with Crippen molar-refractivity contribution < 1.29 is 24.8 Å². The maximum absolute atomic E-state index is 9.89. The van der Waals surface area contributed by atoms with E-state index in [0.717, 1.165) is 5.56 Å². The Morgan fingerprint density at radius 2 is 1.89 bits per heavy atom. The second kappa shape index (κ2) is 5.77. The van der Waals surface area contributed by atoms with E-state index in [4.69, 9.17) is 9.47 Å². The van der Waals surface area contributed by atoms with Gasteiger partial charge in [-0.2, -0.15) is 0 Å². The molecule has 5 nitrogen and oxygen atoms in total. The summed E-state index contributed by atoms with van der Waals surface area (Å²) in [6, 6.07) is 9.22. The predicted octanol–water partition coefficient (Wildman–Crippen LogP) is 0.203. The van der Waals surface area contributed by atoms with Gasteiger partial charge in [-0.15, -0.1) is 0 Å². The lowest BCUT2D eigenvalue weighted by Gasteiger charge is -2.40. The molecule has 1 fully saturated rings. The molecule has 0 radical (unpaired) electrons. The summed E-state index contributed by atoms with van der Waals surface area (Å²) in [5, 5.41) is 28.7. The molecule has 1 aromatic carbocycles. The molecule has 1 aliphatic rings. The Balaban J connectivity index is 2.18. The molecular weight excluding hydrogens is 236 g/mol. The molecule has 0 aliphatic carbocycles. The van der Waals surface area contributed by atoms with Crippen molar-refractivity contribution in [1.29, 1.82) is 0 Å². The Bertz CT molecular complexity index is 367. The van der Waals surface area contributed by atoms with E-state index in [0.29, 0.717) is 0 Å². The Morgan fingerprint density at radius 3 is 2.44 bits per heavy atom. The van der Waals surface area contributed by atoms with E-state index in [-0.39, 0.29) is 6.61 Å². The summed E-state index contributed by atoms with van der Waals surface area (Å²) in [4.78, 5) is 0. The van der Waals surface area contributed by atoms with Crippen molar-refractivity contribution in [2.75, 3.05) is 6.61 Å². The van der Waals surface area contributed by atoms with Crippen molar-refractivity contribution in [3.63, 3.8) is 0 Å². The molecule has 18 heavy (non-hydrogen) atoms. The molecule has 0 bridgehead atoms. The quantitative estimate of drug-likeness (QED) is 0.718. The summed E-state index contributed by atoms with van der Waals surface area (Å²) >= 11 is 0. The fourth-order valence-electron chi connectivity index (χ4n) is 2.02. The monoisotopic (exact) mass is 254 g/mol. The first-order valence-corrected chi connectivity index (χ1v) is 5.96. The second-order valence-corrected chi connectivity index (χ2v) is 4.43. The maximum atomic E-state index is 9.89. The van der Waals surface area contributed by atoms with Crippen LogP contribution in [-0.2, 0) is 9.47 Å².